The molecule has 0 aromatic heterocycles. The van der Waals surface area contributed by atoms with E-state index in [-0.39, 0.29) is 0 Å². The first-order chi connectivity index (χ1) is 16.4. The van der Waals surface area contributed by atoms with Crippen LogP contribution >= 0.6 is 0 Å². The third-order valence-electron chi connectivity index (χ3n) is 7.90. The molecule has 3 nitrogen and oxygen atoms in total. The van der Waals surface area contributed by atoms with E-state index in [1.165, 1.54) is 53.3 Å². The highest BCUT2D eigenvalue weighted by atomic mass is 16.5. The number of nitrogens with zero attached hydrogens (tertiary/aromatic N) is 1. The molecular formula is C31H40N2O. The summed E-state index contributed by atoms with van der Waals surface area (Å²) in [7, 11) is 0. The molecule has 0 bridgehead atoms. The Kier molecular flexibility index (Phi) is 6.83. The summed E-state index contributed by atoms with van der Waals surface area (Å²) in [5.74, 6) is 1.84. The van der Waals surface area contributed by atoms with Crippen molar-refractivity contribution >= 4 is 16.5 Å². The predicted octanol–water partition coefficient (Wildman–Crippen LogP) is 6.82. The fourth-order valence-electron chi connectivity index (χ4n) is 5.68. The molecule has 0 atom stereocenters. The lowest BCUT2D eigenvalue weighted by Gasteiger charge is -2.37. The van der Waals surface area contributed by atoms with Gasteiger partial charge in [-0.05, 0) is 89.6 Å². The van der Waals surface area contributed by atoms with Gasteiger partial charge >= 0.3 is 0 Å². The second-order valence-electron chi connectivity index (χ2n) is 11.4. The van der Waals surface area contributed by atoms with Crippen molar-refractivity contribution in [1.29, 1.82) is 0 Å². The number of benzene rings is 3. The van der Waals surface area contributed by atoms with Crippen molar-refractivity contribution in [3.8, 4) is 5.75 Å². The van der Waals surface area contributed by atoms with Crippen LogP contribution in [-0.4, -0.2) is 32.3 Å². The molecule has 2 aliphatic rings. The van der Waals surface area contributed by atoms with Gasteiger partial charge in [0.1, 0.15) is 5.75 Å². The highest BCUT2D eigenvalue weighted by Gasteiger charge is 2.30. The fourth-order valence-corrected chi connectivity index (χ4v) is 5.68. The third kappa shape index (κ3) is 5.58. The van der Waals surface area contributed by atoms with Gasteiger partial charge in [-0.3, -0.25) is 0 Å². The summed E-state index contributed by atoms with van der Waals surface area (Å²) < 4.78 is 6.40. The van der Waals surface area contributed by atoms with Crippen molar-refractivity contribution in [2.75, 3.05) is 31.1 Å². The van der Waals surface area contributed by atoms with Crippen LogP contribution in [0.5, 0.6) is 5.75 Å². The van der Waals surface area contributed by atoms with E-state index in [0.717, 1.165) is 44.3 Å². The van der Waals surface area contributed by atoms with Gasteiger partial charge in [0.2, 0.25) is 0 Å². The van der Waals surface area contributed by atoms with Crippen molar-refractivity contribution < 1.29 is 4.74 Å². The maximum absolute atomic E-state index is 6.40. The quantitative estimate of drug-likeness (QED) is 0.456. The van der Waals surface area contributed by atoms with Crippen molar-refractivity contribution in [1.82, 2.24) is 5.32 Å². The zero-order valence-corrected chi connectivity index (χ0v) is 21.1. The maximum atomic E-state index is 6.40. The van der Waals surface area contributed by atoms with Crippen LogP contribution in [0, 0.1) is 11.3 Å². The lowest BCUT2D eigenvalue weighted by atomic mass is 9.72. The predicted molar refractivity (Wildman–Crippen MR) is 144 cm³/mol. The number of hydrogen-bond acceptors (Lipinski definition) is 3. The molecule has 1 aliphatic heterocycles. The molecule has 0 spiro atoms. The molecule has 3 aromatic rings. The Morgan fingerprint density at radius 2 is 1.44 bits per heavy atom. The first-order valence-electron chi connectivity index (χ1n) is 13.2. The first-order valence-corrected chi connectivity index (χ1v) is 13.2. The fraction of sp³-hybridized carbons (Fsp3) is 0.484. The molecule has 2 fully saturated rings. The van der Waals surface area contributed by atoms with Crippen LogP contribution in [0.25, 0.3) is 10.8 Å². The molecule has 0 radical (unpaired) electrons. The standard InChI is InChI=1S/C31H40N2O/c1-31(2,3)27-9-14-29(15-10-27)34-30-13-8-25-21-24(4-7-26(25)22-30)20-23-5-11-28(12-6-23)33-18-16-32-17-19-33/h4-8,11-13,21-22,27,29,32H,9-10,14-20H2,1-3H3. The lowest BCUT2D eigenvalue weighted by molar-refractivity contribution is 0.0883. The molecule has 5 rings (SSSR count). The smallest absolute Gasteiger partial charge is 0.120 e. The molecule has 0 amide bonds. The Morgan fingerprint density at radius 3 is 2.15 bits per heavy atom. The second kappa shape index (κ2) is 10.00. The second-order valence-corrected chi connectivity index (χ2v) is 11.4. The lowest BCUT2D eigenvalue weighted by Crippen LogP contribution is -2.43. The zero-order chi connectivity index (χ0) is 23.5. The van der Waals surface area contributed by atoms with Crippen LogP contribution in [0.15, 0.2) is 60.7 Å². The molecule has 1 N–H and O–H groups in total. The number of fused-ring (bicyclic) bond motifs is 1. The normalized spacial score (nSPS) is 21.6. The van der Waals surface area contributed by atoms with Crippen LogP contribution in [0.3, 0.4) is 0 Å². The number of rotatable bonds is 5. The van der Waals surface area contributed by atoms with Crippen LogP contribution < -0.4 is 15.0 Å². The minimum Gasteiger partial charge on any atom is -0.490 e. The van der Waals surface area contributed by atoms with E-state index in [4.69, 9.17) is 4.74 Å². The van der Waals surface area contributed by atoms with Gasteiger partial charge in [0.25, 0.3) is 0 Å². The Morgan fingerprint density at radius 1 is 0.794 bits per heavy atom. The number of hydrogen-bond donors (Lipinski definition) is 1. The SMILES string of the molecule is CC(C)(C)C1CCC(Oc2ccc3cc(Cc4ccc(N5CCNCC5)cc4)ccc3c2)CC1. The molecule has 180 valence electrons. The summed E-state index contributed by atoms with van der Waals surface area (Å²) in [6, 6.07) is 22.6. The van der Waals surface area contributed by atoms with E-state index < -0.39 is 0 Å². The van der Waals surface area contributed by atoms with Crippen molar-refractivity contribution in [3.05, 3.63) is 71.8 Å². The number of nitrogens with one attached hydrogen (secondary N) is 1. The highest BCUT2D eigenvalue weighted by molar-refractivity contribution is 5.84. The molecule has 1 saturated carbocycles. The highest BCUT2D eigenvalue weighted by Crippen LogP contribution is 2.39. The van der Waals surface area contributed by atoms with Crippen molar-refractivity contribution in [2.24, 2.45) is 11.3 Å². The maximum Gasteiger partial charge on any atom is 0.120 e. The van der Waals surface area contributed by atoms with E-state index in [0.29, 0.717) is 11.5 Å². The van der Waals surface area contributed by atoms with E-state index in [9.17, 15) is 0 Å². The summed E-state index contributed by atoms with van der Waals surface area (Å²) in [6.07, 6.45) is 6.23. The molecule has 3 aromatic carbocycles. The molecular weight excluding hydrogens is 416 g/mol. The zero-order valence-electron chi connectivity index (χ0n) is 21.1. The summed E-state index contributed by atoms with van der Waals surface area (Å²) in [4.78, 5) is 2.46. The van der Waals surface area contributed by atoms with Crippen molar-refractivity contribution in [3.63, 3.8) is 0 Å². The van der Waals surface area contributed by atoms with Gasteiger partial charge in [-0.15, -0.1) is 0 Å². The van der Waals surface area contributed by atoms with Gasteiger partial charge < -0.3 is 15.0 Å². The summed E-state index contributed by atoms with van der Waals surface area (Å²) in [6.45, 7) is 11.5. The number of ether oxygens (including phenoxy) is 1. The summed E-state index contributed by atoms with van der Waals surface area (Å²) >= 11 is 0. The van der Waals surface area contributed by atoms with Gasteiger partial charge in [-0.25, -0.2) is 0 Å². The van der Waals surface area contributed by atoms with E-state index in [1.54, 1.807) is 0 Å². The number of anilines is 1. The van der Waals surface area contributed by atoms with Gasteiger partial charge in [0.15, 0.2) is 0 Å². The molecule has 3 heteroatoms. The molecule has 1 aliphatic carbocycles. The van der Waals surface area contributed by atoms with Gasteiger partial charge in [-0.1, -0.05) is 57.2 Å². The minimum atomic E-state index is 0.361. The molecule has 0 unspecified atom stereocenters. The molecule has 1 heterocycles. The number of piperazine rings is 1. The summed E-state index contributed by atoms with van der Waals surface area (Å²) in [5, 5.41) is 5.98. The largest absolute Gasteiger partial charge is 0.490 e. The van der Waals surface area contributed by atoms with Gasteiger partial charge in [0, 0.05) is 31.9 Å². The van der Waals surface area contributed by atoms with Crippen molar-refractivity contribution in [2.45, 2.75) is 59.0 Å². The van der Waals surface area contributed by atoms with Gasteiger partial charge in [0.05, 0.1) is 6.10 Å². The summed E-state index contributed by atoms with van der Waals surface area (Å²) in [5.41, 5.74) is 4.47. The average molecular weight is 457 g/mol. The third-order valence-corrected chi connectivity index (χ3v) is 7.90. The van der Waals surface area contributed by atoms with Gasteiger partial charge in [-0.2, -0.15) is 0 Å². The Balaban J connectivity index is 1.20. The molecule has 34 heavy (non-hydrogen) atoms. The van der Waals surface area contributed by atoms with Crippen LogP contribution in [0.1, 0.15) is 57.6 Å². The minimum absolute atomic E-state index is 0.361. The average Bonchev–Trinajstić information content (AvgIpc) is 2.85. The topological polar surface area (TPSA) is 24.5 Å². The van der Waals surface area contributed by atoms with E-state index >= 15 is 0 Å². The Hall–Kier alpha value is -2.52. The van der Waals surface area contributed by atoms with E-state index in [2.05, 4.69) is 91.7 Å². The van der Waals surface area contributed by atoms with E-state index in [1.807, 2.05) is 0 Å². The van der Waals surface area contributed by atoms with Crippen LogP contribution in [0.4, 0.5) is 5.69 Å². The van der Waals surface area contributed by atoms with Crippen LogP contribution in [-0.2, 0) is 6.42 Å². The first kappa shape index (κ1) is 23.2. The monoisotopic (exact) mass is 456 g/mol. The molecule has 1 saturated heterocycles. The Labute approximate surface area is 205 Å². The Bertz CT molecular complexity index is 1080. The van der Waals surface area contributed by atoms with Crippen LogP contribution in [0.2, 0.25) is 0 Å².